The van der Waals surface area contributed by atoms with Gasteiger partial charge in [-0.05, 0) is 45.3 Å². The van der Waals surface area contributed by atoms with Gasteiger partial charge in [0.05, 0.1) is 0 Å². The van der Waals surface area contributed by atoms with Gasteiger partial charge in [0.15, 0.2) is 17.5 Å². The maximum absolute atomic E-state index is 13.2. The van der Waals surface area contributed by atoms with Crippen LogP contribution in [0.3, 0.4) is 0 Å². The molecule has 112 valence electrons. The summed E-state index contributed by atoms with van der Waals surface area (Å²) in [7, 11) is 0. The van der Waals surface area contributed by atoms with E-state index in [1.807, 2.05) is 6.92 Å². The van der Waals surface area contributed by atoms with Crippen LogP contribution in [0.4, 0.5) is 18.9 Å². The lowest BCUT2D eigenvalue weighted by atomic mass is 9.90. The number of nitrogens with zero attached hydrogens (tertiary/aromatic N) is 1. The summed E-state index contributed by atoms with van der Waals surface area (Å²) in [6.07, 6.45) is 2.13. The lowest BCUT2D eigenvalue weighted by Crippen LogP contribution is -2.39. The van der Waals surface area contributed by atoms with E-state index in [0.717, 1.165) is 44.6 Å². The molecule has 1 aliphatic heterocycles. The lowest BCUT2D eigenvalue weighted by molar-refractivity contribution is 0.183. The predicted molar refractivity (Wildman–Crippen MR) is 74.2 cm³/mol. The van der Waals surface area contributed by atoms with Crippen molar-refractivity contribution in [2.45, 2.75) is 32.7 Å². The Morgan fingerprint density at radius 3 is 2.25 bits per heavy atom. The summed E-state index contributed by atoms with van der Waals surface area (Å²) < 4.78 is 39.2. The second-order valence-electron chi connectivity index (χ2n) is 5.46. The molecule has 2 rings (SSSR count). The molecule has 1 unspecified atom stereocenters. The number of hydrogen-bond donors (Lipinski definition) is 1. The molecule has 1 aromatic rings. The maximum Gasteiger partial charge on any atom is 0.194 e. The molecular formula is C15H21F3N2. The molecule has 1 saturated heterocycles. The van der Waals surface area contributed by atoms with E-state index in [2.05, 4.69) is 17.1 Å². The van der Waals surface area contributed by atoms with Crippen molar-refractivity contribution in [3.05, 3.63) is 29.6 Å². The van der Waals surface area contributed by atoms with Crippen LogP contribution in [-0.2, 0) is 0 Å². The molecule has 1 aromatic carbocycles. The van der Waals surface area contributed by atoms with E-state index in [1.54, 1.807) is 0 Å². The number of hydrogen-bond acceptors (Lipinski definition) is 2. The van der Waals surface area contributed by atoms with Gasteiger partial charge >= 0.3 is 0 Å². The van der Waals surface area contributed by atoms with Crippen molar-refractivity contribution < 1.29 is 13.2 Å². The van der Waals surface area contributed by atoms with E-state index in [-0.39, 0.29) is 6.04 Å². The molecule has 0 aliphatic carbocycles. The second-order valence-corrected chi connectivity index (χ2v) is 5.46. The van der Waals surface area contributed by atoms with Gasteiger partial charge in [-0.25, -0.2) is 13.2 Å². The quantitative estimate of drug-likeness (QED) is 0.850. The van der Waals surface area contributed by atoms with E-state index in [9.17, 15) is 13.2 Å². The van der Waals surface area contributed by atoms with Gasteiger partial charge in [-0.15, -0.1) is 0 Å². The Hall–Kier alpha value is -1.23. The lowest BCUT2D eigenvalue weighted by Gasteiger charge is -2.34. The average Bonchev–Trinajstić information content (AvgIpc) is 2.44. The fraction of sp³-hybridized carbons (Fsp3) is 0.600. The average molecular weight is 286 g/mol. The van der Waals surface area contributed by atoms with Crippen LogP contribution in [0.1, 0.15) is 26.7 Å². The first-order valence-electron chi connectivity index (χ1n) is 7.14. The summed E-state index contributed by atoms with van der Waals surface area (Å²) >= 11 is 0. The highest BCUT2D eigenvalue weighted by molar-refractivity contribution is 5.45. The number of halogens is 3. The first-order chi connectivity index (χ1) is 9.51. The number of rotatable bonds is 4. The van der Waals surface area contributed by atoms with Crippen molar-refractivity contribution in [2.75, 3.05) is 25.0 Å². The second kappa shape index (κ2) is 6.48. The Bertz CT molecular complexity index is 433. The van der Waals surface area contributed by atoms with Crippen LogP contribution in [-0.4, -0.2) is 30.6 Å². The standard InChI is InChI=1S/C15H21F3N2/c1-3-20-6-4-11(5-7-20)10(2)19-12-8-13(16)15(18)14(17)9-12/h8-11,19H,3-7H2,1-2H3. The number of likely N-dealkylation sites (tertiary alicyclic amines) is 1. The van der Waals surface area contributed by atoms with Crippen molar-refractivity contribution in [3.63, 3.8) is 0 Å². The van der Waals surface area contributed by atoms with Crippen LogP contribution in [0.5, 0.6) is 0 Å². The highest BCUT2D eigenvalue weighted by Crippen LogP contribution is 2.24. The monoisotopic (exact) mass is 286 g/mol. The molecule has 5 heteroatoms. The van der Waals surface area contributed by atoms with Crippen LogP contribution in [0.2, 0.25) is 0 Å². The third-order valence-corrected chi connectivity index (χ3v) is 4.16. The molecule has 0 bridgehead atoms. The van der Waals surface area contributed by atoms with Crippen LogP contribution < -0.4 is 5.32 Å². The zero-order valence-electron chi connectivity index (χ0n) is 11.9. The summed E-state index contributed by atoms with van der Waals surface area (Å²) in [4.78, 5) is 2.39. The van der Waals surface area contributed by atoms with Crippen LogP contribution >= 0.6 is 0 Å². The highest BCUT2D eigenvalue weighted by atomic mass is 19.2. The topological polar surface area (TPSA) is 15.3 Å². The molecule has 1 fully saturated rings. The predicted octanol–water partition coefficient (Wildman–Crippen LogP) is 3.64. The van der Waals surface area contributed by atoms with E-state index in [1.165, 1.54) is 0 Å². The van der Waals surface area contributed by atoms with Crippen molar-refractivity contribution in [1.29, 1.82) is 0 Å². The van der Waals surface area contributed by atoms with Crippen molar-refractivity contribution >= 4 is 5.69 Å². The van der Waals surface area contributed by atoms with Gasteiger partial charge in [-0.2, -0.15) is 0 Å². The molecule has 1 aliphatic rings. The van der Waals surface area contributed by atoms with Gasteiger partial charge in [-0.1, -0.05) is 6.92 Å². The number of benzene rings is 1. The molecule has 0 spiro atoms. The Labute approximate surface area is 118 Å². The molecule has 1 atom stereocenters. The van der Waals surface area contributed by atoms with Crippen LogP contribution in [0.15, 0.2) is 12.1 Å². The van der Waals surface area contributed by atoms with Crippen LogP contribution in [0.25, 0.3) is 0 Å². The number of piperidine rings is 1. The zero-order valence-corrected chi connectivity index (χ0v) is 11.9. The third kappa shape index (κ3) is 3.45. The zero-order chi connectivity index (χ0) is 14.7. The van der Waals surface area contributed by atoms with E-state index in [0.29, 0.717) is 11.6 Å². The Morgan fingerprint density at radius 2 is 1.75 bits per heavy atom. The summed E-state index contributed by atoms with van der Waals surface area (Å²) in [5.41, 5.74) is 0.298. The van der Waals surface area contributed by atoms with E-state index < -0.39 is 17.5 Å². The first kappa shape index (κ1) is 15.2. The first-order valence-corrected chi connectivity index (χ1v) is 7.14. The van der Waals surface area contributed by atoms with E-state index >= 15 is 0 Å². The minimum atomic E-state index is -1.42. The smallest absolute Gasteiger partial charge is 0.194 e. The minimum absolute atomic E-state index is 0.110. The normalized spacial score (nSPS) is 19.1. The Kier molecular flexibility index (Phi) is 4.91. The van der Waals surface area contributed by atoms with Crippen molar-refractivity contribution in [3.8, 4) is 0 Å². The third-order valence-electron chi connectivity index (χ3n) is 4.16. The molecule has 20 heavy (non-hydrogen) atoms. The highest BCUT2D eigenvalue weighted by Gasteiger charge is 2.23. The fourth-order valence-electron chi connectivity index (χ4n) is 2.79. The van der Waals surface area contributed by atoms with Gasteiger partial charge in [0.25, 0.3) is 0 Å². The Morgan fingerprint density at radius 1 is 1.20 bits per heavy atom. The van der Waals surface area contributed by atoms with Gasteiger partial charge in [0, 0.05) is 23.9 Å². The van der Waals surface area contributed by atoms with Crippen molar-refractivity contribution in [2.24, 2.45) is 5.92 Å². The van der Waals surface area contributed by atoms with Gasteiger partial charge in [-0.3, -0.25) is 0 Å². The number of anilines is 1. The molecule has 1 heterocycles. The molecule has 0 saturated carbocycles. The Balaban J connectivity index is 1.96. The summed E-state index contributed by atoms with van der Waals surface area (Å²) in [6.45, 7) is 7.32. The summed E-state index contributed by atoms with van der Waals surface area (Å²) in [5.74, 6) is -3.26. The largest absolute Gasteiger partial charge is 0.382 e. The minimum Gasteiger partial charge on any atom is -0.382 e. The molecule has 0 aromatic heterocycles. The fourth-order valence-corrected chi connectivity index (χ4v) is 2.79. The van der Waals surface area contributed by atoms with Gasteiger partial charge in [0.1, 0.15) is 0 Å². The van der Waals surface area contributed by atoms with Gasteiger partial charge < -0.3 is 10.2 Å². The SMILES string of the molecule is CCN1CCC(C(C)Nc2cc(F)c(F)c(F)c2)CC1. The summed E-state index contributed by atoms with van der Waals surface area (Å²) in [5, 5.41) is 3.09. The molecule has 0 amide bonds. The van der Waals surface area contributed by atoms with Crippen molar-refractivity contribution in [1.82, 2.24) is 4.90 Å². The van der Waals surface area contributed by atoms with Gasteiger partial charge in [0.2, 0.25) is 0 Å². The van der Waals surface area contributed by atoms with Crippen LogP contribution in [0, 0.1) is 23.4 Å². The molecule has 0 radical (unpaired) electrons. The maximum atomic E-state index is 13.2. The summed E-state index contributed by atoms with van der Waals surface area (Å²) in [6, 6.07) is 2.13. The molecule has 1 N–H and O–H groups in total. The molecule has 2 nitrogen and oxygen atoms in total. The number of nitrogens with one attached hydrogen (secondary N) is 1. The van der Waals surface area contributed by atoms with E-state index in [4.69, 9.17) is 0 Å². The molecular weight excluding hydrogens is 265 g/mol.